The predicted octanol–water partition coefficient (Wildman–Crippen LogP) is 0.551. The molecule has 0 aromatic carbocycles. The van der Waals surface area contributed by atoms with Crippen LogP contribution < -0.4 is 5.14 Å². The van der Waals surface area contributed by atoms with Crippen molar-refractivity contribution in [3.05, 3.63) is 0 Å². The number of hydrogen-bond acceptors (Lipinski definition) is 1. The molecule has 1 aliphatic carbocycles. The topological polar surface area (TPSA) is 43.1 Å². The van der Waals surface area contributed by atoms with Crippen LogP contribution in [0.5, 0.6) is 0 Å². The van der Waals surface area contributed by atoms with Crippen molar-refractivity contribution in [1.82, 2.24) is 0 Å². The van der Waals surface area contributed by atoms with Crippen molar-refractivity contribution in [2.24, 2.45) is 5.14 Å². The molecule has 0 aromatic heterocycles. The molecule has 48 valence electrons. The van der Waals surface area contributed by atoms with Gasteiger partial charge in [-0.15, -0.1) is 0 Å². The molecular formula is C5H11NOS. The molecule has 1 unspecified atom stereocenters. The van der Waals surface area contributed by atoms with Crippen molar-refractivity contribution in [1.29, 1.82) is 0 Å². The molecule has 0 aromatic rings. The summed E-state index contributed by atoms with van der Waals surface area (Å²) in [5.41, 5.74) is 0. The zero-order valence-electron chi connectivity index (χ0n) is 4.80. The standard InChI is InChI=1S/C5H11NOS/c6-8(7)5-3-1-2-4-5/h5H,1-4,6H2. The van der Waals surface area contributed by atoms with Crippen LogP contribution in [0, 0.1) is 0 Å². The zero-order valence-corrected chi connectivity index (χ0v) is 5.62. The van der Waals surface area contributed by atoms with Crippen LogP contribution >= 0.6 is 0 Å². The van der Waals surface area contributed by atoms with Crippen LogP contribution in [-0.2, 0) is 11.0 Å². The maximum Gasteiger partial charge on any atom is 0.0919 e. The third-order valence-corrected chi connectivity index (χ3v) is 2.76. The van der Waals surface area contributed by atoms with Gasteiger partial charge in [0, 0.05) is 5.25 Å². The summed E-state index contributed by atoms with van der Waals surface area (Å²) in [6, 6.07) is 0. The van der Waals surface area contributed by atoms with Crippen molar-refractivity contribution >= 4 is 11.0 Å². The highest BCUT2D eigenvalue weighted by Gasteiger charge is 2.18. The summed E-state index contributed by atoms with van der Waals surface area (Å²) in [6.07, 6.45) is 4.58. The first-order valence-corrected chi connectivity index (χ1v) is 4.23. The Balaban J connectivity index is 2.35. The lowest BCUT2D eigenvalue weighted by molar-refractivity contribution is 0.670. The third kappa shape index (κ3) is 1.29. The molecule has 2 N–H and O–H groups in total. The van der Waals surface area contributed by atoms with Gasteiger partial charge in [0.1, 0.15) is 0 Å². The van der Waals surface area contributed by atoms with Crippen LogP contribution in [0.2, 0.25) is 0 Å². The lowest BCUT2D eigenvalue weighted by Gasteiger charge is -2.00. The van der Waals surface area contributed by atoms with Gasteiger partial charge in [-0.3, -0.25) is 5.14 Å². The first kappa shape index (κ1) is 6.23. The van der Waals surface area contributed by atoms with Crippen LogP contribution in [-0.4, -0.2) is 9.46 Å². The summed E-state index contributed by atoms with van der Waals surface area (Å²) in [5, 5.41) is 5.48. The highest BCUT2D eigenvalue weighted by molar-refractivity contribution is 7.83. The van der Waals surface area contributed by atoms with Gasteiger partial charge in [-0.1, -0.05) is 12.8 Å². The summed E-state index contributed by atoms with van der Waals surface area (Å²) in [7, 11) is -1.04. The average molecular weight is 133 g/mol. The van der Waals surface area contributed by atoms with E-state index in [4.69, 9.17) is 5.14 Å². The molecular weight excluding hydrogens is 122 g/mol. The Morgan fingerprint density at radius 1 is 1.38 bits per heavy atom. The Labute approximate surface area is 52.0 Å². The highest BCUT2D eigenvalue weighted by Crippen LogP contribution is 2.20. The molecule has 0 spiro atoms. The summed E-state index contributed by atoms with van der Waals surface area (Å²) in [5.74, 6) is 0. The maximum absolute atomic E-state index is 10.5. The zero-order chi connectivity index (χ0) is 5.98. The van der Waals surface area contributed by atoms with Gasteiger partial charge in [0.05, 0.1) is 11.0 Å². The monoisotopic (exact) mass is 133 g/mol. The Bertz CT molecular complexity index is 98.6. The van der Waals surface area contributed by atoms with Gasteiger partial charge in [-0.2, -0.15) is 0 Å². The third-order valence-electron chi connectivity index (χ3n) is 1.63. The molecule has 1 fully saturated rings. The Hall–Kier alpha value is 0.110. The van der Waals surface area contributed by atoms with E-state index >= 15 is 0 Å². The molecule has 0 radical (unpaired) electrons. The van der Waals surface area contributed by atoms with Crippen LogP contribution in [0.25, 0.3) is 0 Å². The van der Waals surface area contributed by atoms with Gasteiger partial charge in [0.25, 0.3) is 0 Å². The lowest BCUT2D eigenvalue weighted by Crippen LogP contribution is -2.17. The Morgan fingerprint density at radius 3 is 2.12 bits per heavy atom. The Kier molecular flexibility index (Phi) is 2.02. The molecule has 0 saturated heterocycles. The van der Waals surface area contributed by atoms with E-state index in [9.17, 15) is 4.21 Å². The van der Waals surface area contributed by atoms with Crippen molar-refractivity contribution in [3.8, 4) is 0 Å². The van der Waals surface area contributed by atoms with Crippen molar-refractivity contribution < 1.29 is 4.21 Å². The molecule has 8 heavy (non-hydrogen) atoms. The summed E-state index contributed by atoms with van der Waals surface area (Å²) >= 11 is 0. The molecule has 1 rings (SSSR count). The smallest absolute Gasteiger partial charge is 0.0919 e. The molecule has 0 aliphatic heterocycles. The van der Waals surface area contributed by atoms with Crippen LogP contribution in [0.4, 0.5) is 0 Å². The van der Waals surface area contributed by atoms with Gasteiger partial charge in [0.15, 0.2) is 0 Å². The minimum atomic E-state index is -1.04. The number of nitrogens with two attached hydrogens (primary N) is 1. The number of hydrogen-bond donors (Lipinski definition) is 1. The van der Waals surface area contributed by atoms with Crippen LogP contribution in [0.3, 0.4) is 0 Å². The predicted molar refractivity (Wildman–Crippen MR) is 34.6 cm³/mol. The molecule has 0 bridgehead atoms. The molecule has 1 aliphatic rings. The van der Waals surface area contributed by atoms with E-state index in [0.29, 0.717) is 5.25 Å². The SMILES string of the molecule is NS(=O)C1CCCC1. The fourth-order valence-corrected chi connectivity index (χ4v) is 1.92. The summed E-state index contributed by atoms with van der Waals surface area (Å²) in [6.45, 7) is 0. The van der Waals surface area contributed by atoms with E-state index in [1.54, 1.807) is 0 Å². The van der Waals surface area contributed by atoms with Gasteiger partial charge in [-0.05, 0) is 12.8 Å². The van der Waals surface area contributed by atoms with Crippen LogP contribution in [0.15, 0.2) is 0 Å². The molecule has 0 amide bonds. The van der Waals surface area contributed by atoms with E-state index < -0.39 is 11.0 Å². The van der Waals surface area contributed by atoms with Gasteiger partial charge in [0.2, 0.25) is 0 Å². The van der Waals surface area contributed by atoms with Gasteiger partial charge in [-0.25, -0.2) is 4.21 Å². The van der Waals surface area contributed by atoms with Crippen LogP contribution in [0.1, 0.15) is 25.7 Å². The van der Waals surface area contributed by atoms with Crippen molar-refractivity contribution in [2.45, 2.75) is 30.9 Å². The first-order chi connectivity index (χ1) is 3.80. The van der Waals surface area contributed by atoms with Gasteiger partial charge >= 0.3 is 0 Å². The summed E-state index contributed by atoms with van der Waals surface area (Å²) in [4.78, 5) is 0. The molecule has 3 heteroatoms. The highest BCUT2D eigenvalue weighted by atomic mass is 32.2. The van der Waals surface area contributed by atoms with E-state index in [2.05, 4.69) is 0 Å². The summed E-state index contributed by atoms with van der Waals surface area (Å²) < 4.78 is 10.5. The van der Waals surface area contributed by atoms with Crippen molar-refractivity contribution in [3.63, 3.8) is 0 Å². The van der Waals surface area contributed by atoms with E-state index in [-0.39, 0.29) is 0 Å². The van der Waals surface area contributed by atoms with E-state index in [1.165, 1.54) is 12.8 Å². The normalized spacial score (nSPS) is 26.1. The van der Waals surface area contributed by atoms with Gasteiger partial charge < -0.3 is 0 Å². The first-order valence-electron chi connectivity index (χ1n) is 2.95. The molecule has 2 nitrogen and oxygen atoms in total. The average Bonchev–Trinajstić information content (AvgIpc) is 2.12. The lowest BCUT2D eigenvalue weighted by atomic mass is 10.4. The van der Waals surface area contributed by atoms with E-state index in [1.807, 2.05) is 0 Å². The molecule has 0 heterocycles. The largest absolute Gasteiger partial charge is 0.252 e. The second kappa shape index (κ2) is 2.60. The molecule has 1 saturated carbocycles. The van der Waals surface area contributed by atoms with Crippen molar-refractivity contribution in [2.75, 3.05) is 0 Å². The fraction of sp³-hybridized carbons (Fsp3) is 1.00. The Morgan fingerprint density at radius 2 is 1.88 bits per heavy atom. The maximum atomic E-state index is 10.5. The quantitative estimate of drug-likeness (QED) is 0.557. The number of rotatable bonds is 1. The fourth-order valence-electron chi connectivity index (χ4n) is 1.12. The minimum Gasteiger partial charge on any atom is -0.252 e. The minimum absolute atomic E-state index is 0.315. The van der Waals surface area contributed by atoms with E-state index in [0.717, 1.165) is 12.8 Å². The molecule has 1 atom stereocenters. The second-order valence-corrected chi connectivity index (χ2v) is 3.56. The second-order valence-electron chi connectivity index (χ2n) is 2.23.